The summed E-state index contributed by atoms with van der Waals surface area (Å²) >= 11 is 0. The van der Waals surface area contributed by atoms with Gasteiger partial charge in [-0.3, -0.25) is 4.79 Å². The Morgan fingerprint density at radius 2 is 2.04 bits per heavy atom. The van der Waals surface area contributed by atoms with Gasteiger partial charge < -0.3 is 14.8 Å². The van der Waals surface area contributed by atoms with Crippen molar-refractivity contribution in [1.82, 2.24) is 11.1 Å². The minimum atomic E-state index is -0.470. The topological polar surface area (TPSA) is 104 Å². The molecule has 3 N–H and O–H groups in total. The third-order valence-electron chi connectivity index (χ3n) is 3.44. The van der Waals surface area contributed by atoms with Gasteiger partial charge >= 0.3 is 5.97 Å². The summed E-state index contributed by atoms with van der Waals surface area (Å²) in [6.07, 6.45) is 1.57. The molecule has 2 aromatic rings. The fourth-order valence-electron chi connectivity index (χ4n) is 2.24. The molecule has 0 unspecified atom stereocenters. The van der Waals surface area contributed by atoms with Crippen molar-refractivity contribution in [3.05, 3.63) is 54.1 Å². The Balaban J connectivity index is 1.57. The molecule has 2 aromatic carbocycles. The fourth-order valence-corrected chi connectivity index (χ4v) is 2.24. The second-order valence-electron chi connectivity index (χ2n) is 5.24. The van der Waals surface area contributed by atoms with Gasteiger partial charge in [0.25, 0.3) is 5.91 Å². The van der Waals surface area contributed by atoms with Gasteiger partial charge in [-0.25, -0.2) is 15.3 Å². The predicted octanol–water partition coefficient (Wildman–Crippen LogP) is 1.26. The number of carbonyl (C=O) groups excluding carboxylic acids is 2. The van der Waals surface area contributed by atoms with Crippen LogP contribution in [0.4, 0.5) is 11.4 Å². The summed E-state index contributed by atoms with van der Waals surface area (Å²) in [5, 5.41) is 8.15. The number of anilines is 2. The van der Waals surface area contributed by atoms with Crippen LogP contribution in [-0.4, -0.2) is 31.9 Å². The van der Waals surface area contributed by atoms with Crippen molar-refractivity contribution < 1.29 is 19.1 Å². The van der Waals surface area contributed by atoms with Gasteiger partial charge in [0.2, 0.25) is 0 Å². The second kappa shape index (κ2) is 7.99. The van der Waals surface area contributed by atoms with Gasteiger partial charge in [0.15, 0.2) is 6.61 Å². The average molecular weight is 355 g/mol. The van der Waals surface area contributed by atoms with Gasteiger partial charge in [0, 0.05) is 11.8 Å². The van der Waals surface area contributed by atoms with E-state index in [9.17, 15) is 9.59 Å². The molecule has 1 aliphatic rings. The third-order valence-corrected chi connectivity index (χ3v) is 3.44. The molecule has 0 atom stereocenters. The number of hydrazine groups is 2. The molecule has 0 aromatic heterocycles. The third kappa shape index (κ3) is 4.28. The number of rotatable bonds is 6. The van der Waals surface area contributed by atoms with Gasteiger partial charge in [-0.15, -0.1) is 5.53 Å². The van der Waals surface area contributed by atoms with E-state index in [1.807, 2.05) is 6.07 Å². The summed E-state index contributed by atoms with van der Waals surface area (Å²) in [4.78, 5) is 23.6. The SMILES string of the molecule is COC(=O)c1cccc(NC(=O)COc2cccc(N3C=NNN3)c2)c1. The standard InChI is InChI=1S/C17H17N5O4/c1-25-17(24)12-4-2-5-13(8-12)19-16(23)10-26-15-7-3-6-14(9-15)22-11-18-20-21-22/h2-9,11,20-21H,10H2,1H3,(H,19,23). The molecule has 134 valence electrons. The summed E-state index contributed by atoms with van der Waals surface area (Å²) in [5.74, 6) is -0.286. The maximum absolute atomic E-state index is 12.1. The van der Waals surface area contributed by atoms with Crippen LogP contribution in [0, 0.1) is 0 Å². The minimum absolute atomic E-state index is 0.175. The summed E-state index contributed by atoms with van der Waals surface area (Å²) in [5.41, 5.74) is 7.03. The van der Waals surface area contributed by atoms with Crippen molar-refractivity contribution >= 4 is 29.6 Å². The van der Waals surface area contributed by atoms with E-state index < -0.39 is 5.97 Å². The number of carbonyl (C=O) groups is 2. The predicted molar refractivity (Wildman–Crippen MR) is 95.6 cm³/mol. The number of hydrogen-bond donors (Lipinski definition) is 3. The number of hydrogen-bond acceptors (Lipinski definition) is 8. The molecule has 0 saturated heterocycles. The summed E-state index contributed by atoms with van der Waals surface area (Å²) in [6, 6.07) is 13.6. The first-order chi connectivity index (χ1) is 12.7. The highest BCUT2D eigenvalue weighted by atomic mass is 16.5. The lowest BCUT2D eigenvalue weighted by molar-refractivity contribution is -0.118. The number of ether oxygens (including phenoxy) is 2. The van der Waals surface area contributed by atoms with E-state index in [1.54, 1.807) is 47.7 Å². The fraction of sp³-hybridized carbons (Fsp3) is 0.118. The van der Waals surface area contributed by atoms with E-state index in [2.05, 4.69) is 26.2 Å². The van der Waals surface area contributed by atoms with Crippen molar-refractivity contribution in [2.45, 2.75) is 0 Å². The Labute approximate surface area is 149 Å². The number of methoxy groups -OCH3 is 1. The van der Waals surface area contributed by atoms with E-state index in [4.69, 9.17) is 4.74 Å². The van der Waals surface area contributed by atoms with Crippen LogP contribution in [0.15, 0.2) is 53.6 Å². The van der Waals surface area contributed by atoms with Gasteiger partial charge in [-0.2, -0.15) is 5.10 Å². The van der Waals surface area contributed by atoms with E-state index in [1.165, 1.54) is 13.2 Å². The Morgan fingerprint density at radius 3 is 2.81 bits per heavy atom. The molecule has 0 aliphatic carbocycles. The van der Waals surface area contributed by atoms with Gasteiger partial charge in [0.05, 0.1) is 18.4 Å². The molecule has 0 spiro atoms. The molecule has 1 amide bonds. The largest absolute Gasteiger partial charge is 0.484 e. The zero-order valence-electron chi connectivity index (χ0n) is 13.9. The summed E-state index contributed by atoms with van der Waals surface area (Å²) < 4.78 is 10.2. The Morgan fingerprint density at radius 1 is 1.19 bits per heavy atom. The number of esters is 1. The van der Waals surface area contributed by atoms with Crippen LogP contribution in [0.1, 0.15) is 10.4 Å². The lowest BCUT2D eigenvalue weighted by atomic mass is 10.2. The summed E-state index contributed by atoms with van der Waals surface area (Å²) in [6.45, 7) is -0.175. The molecule has 9 nitrogen and oxygen atoms in total. The van der Waals surface area contributed by atoms with Crippen molar-refractivity contribution in [3.63, 3.8) is 0 Å². The van der Waals surface area contributed by atoms with Crippen molar-refractivity contribution in [2.24, 2.45) is 5.10 Å². The molecular formula is C17H17N5O4. The van der Waals surface area contributed by atoms with E-state index >= 15 is 0 Å². The first-order valence-corrected chi connectivity index (χ1v) is 7.70. The molecule has 26 heavy (non-hydrogen) atoms. The number of amides is 1. The molecule has 1 aliphatic heterocycles. The van der Waals surface area contributed by atoms with Crippen LogP contribution in [-0.2, 0) is 9.53 Å². The minimum Gasteiger partial charge on any atom is -0.484 e. The lowest BCUT2D eigenvalue weighted by Gasteiger charge is -2.14. The quantitative estimate of drug-likeness (QED) is 0.670. The van der Waals surface area contributed by atoms with Crippen molar-refractivity contribution in [1.29, 1.82) is 0 Å². The zero-order chi connectivity index (χ0) is 18.4. The summed E-state index contributed by atoms with van der Waals surface area (Å²) in [7, 11) is 1.30. The first kappa shape index (κ1) is 17.2. The number of benzene rings is 2. The van der Waals surface area contributed by atoms with Gasteiger partial charge in [-0.05, 0) is 30.3 Å². The molecule has 0 bridgehead atoms. The molecular weight excluding hydrogens is 338 g/mol. The van der Waals surface area contributed by atoms with Crippen molar-refractivity contribution in [3.8, 4) is 5.75 Å². The number of nitrogens with one attached hydrogen (secondary N) is 3. The molecule has 0 radical (unpaired) electrons. The smallest absolute Gasteiger partial charge is 0.337 e. The second-order valence-corrected chi connectivity index (χ2v) is 5.24. The lowest BCUT2D eigenvalue weighted by Crippen LogP contribution is -2.37. The Hall–Kier alpha value is -3.59. The van der Waals surface area contributed by atoms with E-state index in [-0.39, 0.29) is 12.5 Å². The normalized spacial score (nSPS) is 12.4. The maximum Gasteiger partial charge on any atom is 0.337 e. The van der Waals surface area contributed by atoms with Gasteiger partial charge in [0.1, 0.15) is 12.1 Å². The maximum atomic E-state index is 12.1. The van der Waals surface area contributed by atoms with Crippen LogP contribution in [0.2, 0.25) is 0 Å². The van der Waals surface area contributed by atoms with Gasteiger partial charge in [-0.1, -0.05) is 12.1 Å². The van der Waals surface area contributed by atoms with Crippen molar-refractivity contribution in [2.75, 3.05) is 24.0 Å². The highest BCUT2D eigenvalue weighted by Crippen LogP contribution is 2.20. The monoisotopic (exact) mass is 355 g/mol. The highest BCUT2D eigenvalue weighted by molar-refractivity contribution is 5.95. The van der Waals surface area contributed by atoms with Crippen LogP contribution < -0.4 is 26.1 Å². The van der Waals surface area contributed by atoms with E-state index in [0.717, 1.165) is 5.69 Å². The average Bonchev–Trinajstić information content (AvgIpc) is 3.21. The highest BCUT2D eigenvalue weighted by Gasteiger charge is 2.10. The molecule has 0 fully saturated rings. The number of nitrogens with zero attached hydrogens (tertiary/aromatic N) is 2. The first-order valence-electron chi connectivity index (χ1n) is 7.70. The van der Waals surface area contributed by atoms with Crippen LogP contribution in [0.3, 0.4) is 0 Å². The zero-order valence-corrected chi connectivity index (χ0v) is 13.9. The van der Waals surface area contributed by atoms with Crippen LogP contribution >= 0.6 is 0 Å². The Bertz CT molecular complexity index is 839. The molecule has 3 rings (SSSR count). The Kier molecular flexibility index (Phi) is 5.30. The van der Waals surface area contributed by atoms with Crippen LogP contribution in [0.5, 0.6) is 5.75 Å². The molecule has 9 heteroatoms. The van der Waals surface area contributed by atoms with Crippen LogP contribution in [0.25, 0.3) is 0 Å². The molecule has 0 saturated carbocycles. The molecule has 1 heterocycles. The van der Waals surface area contributed by atoms with E-state index in [0.29, 0.717) is 17.0 Å². The number of hydrazone groups is 1.